The van der Waals surface area contributed by atoms with Crippen LogP contribution >= 0.6 is 0 Å². The fourth-order valence-corrected chi connectivity index (χ4v) is 1.26. The van der Waals surface area contributed by atoms with E-state index in [1.807, 2.05) is 13.8 Å². The second-order valence-corrected chi connectivity index (χ2v) is 3.71. The van der Waals surface area contributed by atoms with Crippen LogP contribution in [0.25, 0.3) is 0 Å². The monoisotopic (exact) mass is 224 g/mol. The van der Waals surface area contributed by atoms with Gasteiger partial charge < -0.3 is 10.4 Å². The van der Waals surface area contributed by atoms with Gasteiger partial charge in [0.25, 0.3) is 0 Å². The number of carboxylic acids is 1. The Morgan fingerprint density at radius 2 is 2.38 bits per heavy atom. The van der Waals surface area contributed by atoms with E-state index in [0.717, 1.165) is 11.5 Å². The lowest BCUT2D eigenvalue weighted by Crippen LogP contribution is -2.18. The predicted octanol–water partition coefficient (Wildman–Crippen LogP) is 1.06. The number of aromatic nitrogens is 2. The topological polar surface area (TPSA) is 79.5 Å². The van der Waals surface area contributed by atoms with Crippen molar-refractivity contribution < 1.29 is 9.90 Å². The first-order valence-electron chi connectivity index (χ1n) is 5.01. The van der Waals surface area contributed by atoms with E-state index in [9.17, 15) is 4.79 Å². The van der Waals surface area contributed by atoms with Gasteiger partial charge in [0, 0.05) is 19.2 Å². The van der Waals surface area contributed by atoms with Crippen LogP contribution in [-0.4, -0.2) is 33.7 Å². The maximum atomic E-state index is 10.5. The van der Waals surface area contributed by atoms with Gasteiger partial charge in [-0.15, -0.1) is 0 Å². The largest absolute Gasteiger partial charge is 0.480 e. The van der Waals surface area contributed by atoms with Crippen LogP contribution in [0, 0.1) is 5.92 Å². The summed E-state index contributed by atoms with van der Waals surface area (Å²) in [5.74, 6) is 0.214. The summed E-state index contributed by atoms with van der Waals surface area (Å²) in [6, 6.07) is 0. The molecule has 1 aromatic heterocycles. The highest BCUT2D eigenvalue weighted by Gasteiger charge is 2.07. The first-order valence-corrected chi connectivity index (χ1v) is 5.01. The zero-order valence-electron chi connectivity index (χ0n) is 9.64. The molecule has 0 aliphatic rings. The molecule has 2 N–H and O–H groups in total. The van der Waals surface area contributed by atoms with Gasteiger partial charge in [-0.05, 0) is 0 Å². The van der Waals surface area contributed by atoms with E-state index in [1.165, 1.54) is 4.68 Å². The minimum absolute atomic E-state index is 0.137. The Bertz CT molecular complexity index is 395. The number of rotatable bonds is 4. The smallest absolute Gasteiger partial charge is 0.325 e. The number of aliphatic carboxylic acids is 1. The van der Waals surface area contributed by atoms with Gasteiger partial charge in [-0.3, -0.25) is 14.5 Å². The molecule has 1 aromatic rings. The van der Waals surface area contributed by atoms with Crippen LogP contribution in [0.1, 0.15) is 13.8 Å². The number of hydrogen-bond acceptors (Lipinski definition) is 3. The number of amidine groups is 1. The summed E-state index contributed by atoms with van der Waals surface area (Å²) in [6.45, 7) is 3.91. The van der Waals surface area contributed by atoms with E-state index in [0.29, 0.717) is 0 Å². The van der Waals surface area contributed by atoms with Crippen molar-refractivity contribution in [2.24, 2.45) is 10.9 Å². The molecular weight excluding hydrogens is 208 g/mol. The maximum Gasteiger partial charge on any atom is 0.325 e. The van der Waals surface area contributed by atoms with Crippen LogP contribution in [0.2, 0.25) is 0 Å². The molecule has 0 aliphatic carbocycles. The minimum atomic E-state index is -0.914. The molecule has 0 aromatic carbocycles. The number of carbonyl (C=O) groups is 1. The summed E-state index contributed by atoms with van der Waals surface area (Å²) in [5, 5.41) is 15.6. The summed E-state index contributed by atoms with van der Waals surface area (Å²) in [6.07, 6.45) is 3.22. The molecule has 0 amide bonds. The predicted molar refractivity (Wildman–Crippen MR) is 61.7 cm³/mol. The van der Waals surface area contributed by atoms with Crippen LogP contribution in [0.5, 0.6) is 0 Å². The average molecular weight is 224 g/mol. The van der Waals surface area contributed by atoms with E-state index in [4.69, 9.17) is 5.11 Å². The first kappa shape index (κ1) is 12.2. The molecule has 1 heterocycles. The molecule has 0 radical (unpaired) electrons. The molecule has 88 valence electrons. The van der Waals surface area contributed by atoms with Crippen molar-refractivity contribution in [3.63, 3.8) is 0 Å². The Balaban J connectivity index is 2.68. The third-order valence-electron chi connectivity index (χ3n) is 1.99. The fourth-order valence-electron chi connectivity index (χ4n) is 1.26. The molecule has 0 saturated heterocycles. The SMILES string of the molecule is CN=C(Nc1cnn(CC(=O)O)c1)C(C)C. The Morgan fingerprint density at radius 3 is 2.88 bits per heavy atom. The number of carboxylic acid groups (broad SMARTS) is 1. The molecular formula is C10H16N4O2. The number of anilines is 1. The van der Waals surface area contributed by atoms with Crippen molar-refractivity contribution in [2.45, 2.75) is 20.4 Å². The van der Waals surface area contributed by atoms with Crippen molar-refractivity contribution in [1.29, 1.82) is 0 Å². The summed E-state index contributed by atoms with van der Waals surface area (Å²) in [7, 11) is 1.71. The van der Waals surface area contributed by atoms with Crippen molar-refractivity contribution in [3.8, 4) is 0 Å². The fraction of sp³-hybridized carbons (Fsp3) is 0.500. The standard InChI is InChI=1S/C10H16N4O2/c1-7(2)10(11-3)13-8-4-12-14(5-8)6-9(15)16/h4-5,7H,6H2,1-3H3,(H,11,13)(H,15,16). The number of nitrogens with zero attached hydrogens (tertiary/aromatic N) is 3. The first-order chi connectivity index (χ1) is 7.52. The van der Waals surface area contributed by atoms with Crippen molar-refractivity contribution in [2.75, 3.05) is 12.4 Å². The Labute approximate surface area is 94.0 Å². The molecule has 16 heavy (non-hydrogen) atoms. The molecule has 0 fully saturated rings. The Morgan fingerprint density at radius 1 is 1.69 bits per heavy atom. The lowest BCUT2D eigenvalue weighted by molar-refractivity contribution is -0.137. The summed E-state index contributed by atoms with van der Waals surface area (Å²) >= 11 is 0. The van der Waals surface area contributed by atoms with Crippen LogP contribution in [-0.2, 0) is 11.3 Å². The average Bonchev–Trinajstić information content (AvgIpc) is 2.60. The van der Waals surface area contributed by atoms with Crippen LogP contribution in [0.3, 0.4) is 0 Å². The molecule has 6 nitrogen and oxygen atoms in total. The van der Waals surface area contributed by atoms with E-state index < -0.39 is 5.97 Å². The maximum absolute atomic E-state index is 10.5. The summed E-state index contributed by atoms with van der Waals surface area (Å²) in [5.41, 5.74) is 0.746. The normalized spacial score (nSPS) is 11.9. The molecule has 0 aliphatic heterocycles. The van der Waals surface area contributed by atoms with E-state index in [-0.39, 0.29) is 12.5 Å². The number of hydrogen-bond donors (Lipinski definition) is 2. The Kier molecular flexibility index (Phi) is 4.04. The van der Waals surface area contributed by atoms with Gasteiger partial charge >= 0.3 is 5.97 Å². The van der Waals surface area contributed by atoms with Gasteiger partial charge in [0.05, 0.1) is 11.9 Å². The van der Waals surface area contributed by atoms with Crippen molar-refractivity contribution in [1.82, 2.24) is 9.78 Å². The van der Waals surface area contributed by atoms with Gasteiger partial charge in [0.15, 0.2) is 0 Å². The lowest BCUT2D eigenvalue weighted by atomic mass is 10.2. The quantitative estimate of drug-likeness (QED) is 0.592. The van der Waals surface area contributed by atoms with Crippen LogP contribution in [0.15, 0.2) is 17.4 Å². The second kappa shape index (κ2) is 5.29. The molecule has 0 spiro atoms. The number of nitrogens with one attached hydrogen (secondary N) is 1. The Hall–Kier alpha value is -1.85. The van der Waals surface area contributed by atoms with E-state index >= 15 is 0 Å². The van der Waals surface area contributed by atoms with Crippen LogP contribution in [0.4, 0.5) is 5.69 Å². The molecule has 0 unspecified atom stereocenters. The van der Waals surface area contributed by atoms with Crippen molar-refractivity contribution in [3.05, 3.63) is 12.4 Å². The third-order valence-corrected chi connectivity index (χ3v) is 1.99. The molecule has 0 atom stereocenters. The number of aliphatic imine (C=N–C) groups is 1. The molecule has 6 heteroatoms. The second-order valence-electron chi connectivity index (χ2n) is 3.71. The van der Waals surface area contributed by atoms with Crippen LogP contribution < -0.4 is 5.32 Å². The highest BCUT2D eigenvalue weighted by atomic mass is 16.4. The van der Waals surface area contributed by atoms with Gasteiger partial charge in [-0.1, -0.05) is 13.8 Å². The molecule has 0 saturated carbocycles. The van der Waals surface area contributed by atoms with Gasteiger partial charge in [0.1, 0.15) is 12.4 Å². The zero-order chi connectivity index (χ0) is 12.1. The molecule has 0 bridgehead atoms. The lowest BCUT2D eigenvalue weighted by Gasteiger charge is -2.09. The minimum Gasteiger partial charge on any atom is -0.480 e. The van der Waals surface area contributed by atoms with E-state index in [1.54, 1.807) is 19.4 Å². The van der Waals surface area contributed by atoms with Gasteiger partial charge in [0.2, 0.25) is 0 Å². The highest BCUT2D eigenvalue weighted by molar-refractivity contribution is 5.96. The zero-order valence-corrected chi connectivity index (χ0v) is 9.64. The van der Waals surface area contributed by atoms with Gasteiger partial charge in [-0.25, -0.2) is 0 Å². The highest BCUT2D eigenvalue weighted by Crippen LogP contribution is 2.08. The molecule has 1 rings (SSSR count). The summed E-state index contributed by atoms with van der Waals surface area (Å²) in [4.78, 5) is 14.6. The van der Waals surface area contributed by atoms with Crippen molar-refractivity contribution >= 4 is 17.5 Å². The van der Waals surface area contributed by atoms with E-state index in [2.05, 4.69) is 15.4 Å². The van der Waals surface area contributed by atoms with Gasteiger partial charge in [-0.2, -0.15) is 5.10 Å². The third kappa shape index (κ3) is 3.38. The summed E-state index contributed by atoms with van der Waals surface area (Å²) < 4.78 is 1.36.